The van der Waals surface area contributed by atoms with Crippen LogP contribution in [-0.2, 0) is 13.1 Å². The monoisotopic (exact) mass is 354 g/mol. The second-order valence-electron chi connectivity index (χ2n) is 5.54. The molecule has 1 aliphatic rings. The van der Waals surface area contributed by atoms with Gasteiger partial charge in [-0.1, -0.05) is 11.2 Å². The Bertz CT molecular complexity index is 665. The zero-order valence-electron chi connectivity index (χ0n) is 13.9. The molecule has 1 fully saturated rings. The predicted octanol–water partition coefficient (Wildman–Crippen LogP) is 2.30. The van der Waals surface area contributed by atoms with Crippen molar-refractivity contribution in [1.29, 1.82) is 0 Å². The summed E-state index contributed by atoms with van der Waals surface area (Å²) >= 11 is 0. The van der Waals surface area contributed by atoms with E-state index in [1.54, 1.807) is 14.2 Å². The molecule has 0 radical (unpaired) electrons. The fourth-order valence-corrected chi connectivity index (χ4v) is 3.08. The van der Waals surface area contributed by atoms with E-state index in [-0.39, 0.29) is 25.0 Å². The molecule has 0 bridgehead atoms. The van der Waals surface area contributed by atoms with E-state index in [4.69, 9.17) is 19.7 Å². The van der Waals surface area contributed by atoms with Gasteiger partial charge in [0.05, 0.1) is 27.3 Å². The Balaban J connectivity index is 0.00000208. The molecule has 24 heavy (non-hydrogen) atoms. The van der Waals surface area contributed by atoms with Gasteiger partial charge in [0.25, 0.3) is 0 Å². The number of nitrogens with zero attached hydrogens (tertiary/aromatic N) is 3. The van der Waals surface area contributed by atoms with Crippen LogP contribution >= 0.6 is 12.4 Å². The van der Waals surface area contributed by atoms with Crippen molar-refractivity contribution in [1.82, 2.24) is 15.0 Å². The molecule has 0 saturated carbocycles. The van der Waals surface area contributed by atoms with Crippen LogP contribution in [0.25, 0.3) is 0 Å². The van der Waals surface area contributed by atoms with Crippen LogP contribution in [0.2, 0.25) is 0 Å². The zero-order valence-corrected chi connectivity index (χ0v) is 14.7. The second kappa shape index (κ2) is 8.32. The molecule has 2 heterocycles. The number of hydrogen-bond acceptors (Lipinski definition) is 7. The number of likely N-dealkylation sites (tertiary alicyclic amines) is 1. The molecule has 1 aromatic heterocycles. The summed E-state index contributed by atoms with van der Waals surface area (Å²) < 4.78 is 15.9. The summed E-state index contributed by atoms with van der Waals surface area (Å²) in [6.07, 6.45) is 2.20. The topological polar surface area (TPSA) is 86.6 Å². The van der Waals surface area contributed by atoms with Gasteiger partial charge in [0.2, 0.25) is 5.89 Å². The van der Waals surface area contributed by atoms with Gasteiger partial charge in [-0.2, -0.15) is 4.98 Å². The van der Waals surface area contributed by atoms with Crippen LogP contribution in [0, 0.1) is 0 Å². The van der Waals surface area contributed by atoms with Gasteiger partial charge in [-0.25, -0.2) is 0 Å². The number of aromatic nitrogens is 2. The molecule has 8 heteroatoms. The van der Waals surface area contributed by atoms with Crippen molar-refractivity contribution in [2.45, 2.75) is 32.0 Å². The van der Waals surface area contributed by atoms with Crippen molar-refractivity contribution >= 4 is 12.4 Å². The Labute approximate surface area is 147 Å². The standard InChI is InChI=1S/C16H22N4O3.ClH/c1-21-11-5-6-12(14(8-11)22-2)13-4-3-7-20(13)10-15-18-16(9-17)23-19-15;/h5-6,8,13H,3-4,7,9-10,17H2,1-2H3;1H. The fourth-order valence-electron chi connectivity index (χ4n) is 3.08. The summed E-state index contributed by atoms with van der Waals surface area (Å²) in [4.78, 5) is 6.64. The molecular formula is C16H23ClN4O3. The number of rotatable bonds is 6. The highest BCUT2D eigenvalue weighted by atomic mass is 35.5. The first-order chi connectivity index (χ1) is 11.2. The Morgan fingerprint density at radius 2 is 2.17 bits per heavy atom. The molecule has 132 valence electrons. The summed E-state index contributed by atoms with van der Waals surface area (Å²) in [5, 5.41) is 3.99. The highest BCUT2D eigenvalue weighted by Gasteiger charge is 2.29. The number of methoxy groups -OCH3 is 2. The van der Waals surface area contributed by atoms with Crippen LogP contribution in [0.3, 0.4) is 0 Å². The highest BCUT2D eigenvalue weighted by Crippen LogP contribution is 2.39. The highest BCUT2D eigenvalue weighted by molar-refractivity contribution is 5.85. The lowest BCUT2D eigenvalue weighted by Gasteiger charge is -2.25. The molecule has 1 aromatic carbocycles. The van der Waals surface area contributed by atoms with E-state index >= 15 is 0 Å². The summed E-state index contributed by atoms with van der Waals surface area (Å²) in [5.41, 5.74) is 6.68. The number of halogens is 1. The van der Waals surface area contributed by atoms with E-state index < -0.39 is 0 Å². The SMILES string of the molecule is COc1ccc(C2CCCN2Cc2noc(CN)n2)c(OC)c1.Cl. The Hall–Kier alpha value is -1.83. The summed E-state index contributed by atoms with van der Waals surface area (Å²) in [5.74, 6) is 2.78. The Kier molecular flexibility index (Phi) is 6.42. The van der Waals surface area contributed by atoms with Crippen LogP contribution in [-0.4, -0.2) is 35.8 Å². The van der Waals surface area contributed by atoms with Gasteiger partial charge in [-0.05, 0) is 25.5 Å². The maximum atomic E-state index is 5.55. The number of ether oxygens (including phenoxy) is 2. The summed E-state index contributed by atoms with van der Waals surface area (Å²) in [6, 6.07) is 6.24. The van der Waals surface area contributed by atoms with Crippen LogP contribution in [0.1, 0.15) is 36.2 Å². The Morgan fingerprint density at radius 3 is 2.83 bits per heavy atom. The molecular weight excluding hydrogens is 332 g/mol. The minimum absolute atomic E-state index is 0. The molecule has 0 amide bonds. The van der Waals surface area contributed by atoms with Crippen LogP contribution in [0.4, 0.5) is 0 Å². The molecule has 1 aliphatic heterocycles. The van der Waals surface area contributed by atoms with Crippen LogP contribution < -0.4 is 15.2 Å². The quantitative estimate of drug-likeness (QED) is 0.851. The number of benzene rings is 1. The van der Waals surface area contributed by atoms with E-state index in [0.717, 1.165) is 36.4 Å². The minimum Gasteiger partial charge on any atom is -0.497 e. The number of nitrogens with two attached hydrogens (primary N) is 1. The average molecular weight is 355 g/mol. The molecule has 7 nitrogen and oxygen atoms in total. The first-order valence-electron chi connectivity index (χ1n) is 7.72. The molecule has 2 N–H and O–H groups in total. The lowest BCUT2D eigenvalue weighted by molar-refractivity contribution is 0.233. The van der Waals surface area contributed by atoms with Crippen molar-refractivity contribution in [3.8, 4) is 11.5 Å². The maximum absolute atomic E-state index is 5.55. The lowest BCUT2D eigenvalue weighted by atomic mass is 10.0. The smallest absolute Gasteiger partial charge is 0.240 e. The van der Waals surface area contributed by atoms with E-state index in [9.17, 15) is 0 Å². The minimum atomic E-state index is 0. The third kappa shape index (κ3) is 3.80. The lowest BCUT2D eigenvalue weighted by Crippen LogP contribution is -2.23. The third-order valence-electron chi connectivity index (χ3n) is 4.19. The van der Waals surface area contributed by atoms with Gasteiger partial charge >= 0.3 is 0 Å². The van der Waals surface area contributed by atoms with Gasteiger partial charge in [0, 0.05) is 17.7 Å². The second-order valence-corrected chi connectivity index (χ2v) is 5.54. The van der Waals surface area contributed by atoms with Crippen molar-refractivity contribution in [2.24, 2.45) is 5.73 Å². The molecule has 1 saturated heterocycles. The first kappa shape index (κ1) is 18.5. The van der Waals surface area contributed by atoms with Crippen LogP contribution in [0.5, 0.6) is 11.5 Å². The average Bonchev–Trinajstić information content (AvgIpc) is 3.23. The van der Waals surface area contributed by atoms with E-state index in [1.807, 2.05) is 12.1 Å². The Morgan fingerprint density at radius 1 is 1.33 bits per heavy atom. The van der Waals surface area contributed by atoms with Crippen molar-refractivity contribution in [2.75, 3.05) is 20.8 Å². The first-order valence-corrected chi connectivity index (χ1v) is 7.72. The third-order valence-corrected chi connectivity index (χ3v) is 4.19. The van der Waals surface area contributed by atoms with Crippen LogP contribution in [0.15, 0.2) is 22.7 Å². The largest absolute Gasteiger partial charge is 0.497 e. The van der Waals surface area contributed by atoms with E-state index in [2.05, 4.69) is 21.1 Å². The van der Waals surface area contributed by atoms with Gasteiger partial charge in [-0.15, -0.1) is 12.4 Å². The van der Waals surface area contributed by atoms with Crippen molar-refractivity contribution < 1.29 is 14.0 Å². The molecule has 3 rings (SSSR count). The normalized spacial score (nSPS) is 17.5. The molecule has 2 aromatic rings. The van der Waals surface area contributed by atoms with Gasteiger partial charge in [-0.3, -0.25) is 4.90 Å². The summed E-state index contributed by atoms with van der Waals surface area (Å²) in [7, 11) is 3.34. The summed E-state index contributed by atoms with van der Waals surface area (Å²) in [6.45, 7) is 1.90. The maximum Gasteiger partial charge on any atom is 0.240 e. The zero-order chi connectivity index (χ0) is 16.2. The predicted molar refractivity (Wildman–Crippen MR) is 91.4 cm³/mol. The van der Waals surface area contributed by atoms with Gasteiger partial charge in [0.1, 0.15) is 11.5 Å². The van der Waals surface area contributed by atoms with Gasteiger partial charge in [0.15, 0.2) is 5.82 Å². The molecule has 0 spiro atoms. The van der Waals surface area contributed by atoms with Gasteiger partial charge < -0.3 is 19.7 Å². The van der Waals surface area contributed by atoms with E-state index in [0.29, 0.717) is 18.3 Å². The molecule has 0 aliphatic carbocycles. The molecule has 1 unspecified atom stereocenters. The fraction of sp³-hybridized carbons (Fsp3) is 0.500. The van der Waals surface area contributed by atoms with Crippen molar-refractivity contribution in [3.63, 3.8) is 0 Å². The van der Waals surface area contributed by atoms with E-state index in [1.165, 1.54) is 0 Å². The van der Waals surface area contributed by atoms with Crippen molar-refractivity contribution in [3.05, 3.63) is 35.5 Å². The number of hydrogen-bond donors (Lipinski definition) is 1. The molecule has 1 atom stereocenters.